The summed E-state index contributed by atoms with van der Waals surface area (Å²) in [5.41, 5.74) is 6.72. The molecule has 82 valence electrons. The molecule has 4 nitrogen and oxygen atoms in total. The Bertz CT molecular complexity index is 327. The Labute approximate surface area is 93.4 Å². The summed E-state index contributed by atoms with van der Waals surface area (Å²) in [6.45, 7) is 0. The second-order valence-electron chi connectivity index (χ2n) is 3.14. The number of nitrogens with two attached hydrogens (primary N) is 1. The van der Waals surface area contributed by atoms with Gasteiger partial charge >= 0.3 is 5.97 Å². The zero-order valence-electron chi connectivity index (χ0n) is 8.44. The quantitative estimate of drug-likeness (QED) is 0.629. The summed E-state index contributed by atoms with van der Waals surface area (Å²) in [7, 11) is 1.36. The van der Waals surface area contributed by atoms with Gasteiger partial charge in [-0.3, -0.25) is 4.79 Å². The van der Waals surface area contributed by atoms with Crippen LogP contribution >= 0.6 is 11.6 Å². The van der Waals surface area contributed by atoms with Gasteiger partial charge in [0.1, 0.15) is 5.15 Å². The molecule has 0 radical (unpaired) electrons. The summed E-state index contributed by atoms with van der Waals surface area (Å²) in [5, 5.41) is 0.430. The van der Waals surface area contributed by atoms with Gasteiger partial charge in [0.2, 0.25) is 0 Å². The normalized spacial score (nSPS) is 12.2. The number of ether oxygens (including phenoxy) is 1. The molecule has 1 aromatic heterocycles. The highest BCUT2D eigenvalue weighted by atomic mass is 35.5. The number of rotatable bonds is 4. The van der Waals surface area contributed by atoms with Crippen molar-refractivity contribution in [2.24, 2.45) is 5.73 Å². The Morgan fingerprint density at radius 3 is 2.93 bits per heavy atom. The molecule has 15 heavy (non-hydrogen) atoms. The smallest absolute Gasteiger partial charge is 0.305 e. The Morgan fingerprint density at radius 1 is 1.67 bits per heavy atom. The van der Waals surface area contributed by atoms with Gasteiger partial charge in [-0.05, 0) is 18.1 Å². The average molecular weight is 229 g/mol. The van der Waals surface area contributed by atoms with E-state index in [4.69, 9.17) is 17.3 Å². The summed E-state index contributed by atoms with van der Waals surface area (Å²) in [4.78, 5) is 14.8. The standard InChI is InChI=1S/C10H13ClN2O2/c1-15-10(14)5-3-8(12)7-2-4-9(11)13-6-7/h2,4,6,8H,3,5,12H2,1H3. The molecule has 1 aromatic rings. The number of hydrogen-bond donors (Lipinski definition) is 1. The van der Waals surface area contributed by atoms with Crippen molar-refractivity contribution in [1.29, 1.82) is 0 Å². The van der Waals surface area contributed by atoms with Crippen LogP contribution in [0, 0.1) is 0 Å². The largest absolute Gasteiger partial charge is 0.469 e. The number of carbonyl (C=O) groups excluding carboxylic acids is 1. The van der Waals surface area contributed by atoms with Gasteiger partial charge in [-0.2, -0.15) is 0 Å². The molecule has 5 heteroatoms. The van der Waals surface area contributed by atoms with Crippen molar-refractivity contribution in [3.05, 3.63) is 29.0 Å². The van der Waals surface area contributed by atoms with E-state index in [-0.39, 0.29) is 12.0 Å². The first kappa shape index (κ1) is 11.9. The van der Waals surface area contributed by atoms with Crippen molar-refractivity contribution < 1.29 is 9.53 Å². The second-order valence-corrected chi connectivity index (χ2v) is 3.52. The molecule has 1 unspecified atom stereocenters. The van der Waals surface area contributed by atoms with Crippen LogP contribution in [0.1, 0.15) is 24.4 Å². The Hall–Kier alpha value is -1.13. The molecule has 0 fully saturated rings. The third-order valence-corrected chi connectivity index (χ3v) is 2.29. The molecule has 0 saturated carbocycles. The van der Waals surface area contributed by atoms with E-state index in [0.29, 0.717) is 18.0 Å². The SMILES string of the molecule is COC(=O)CCC(N)c1ccc(Cl)nc1. The molecule has 0 spiro atoms. The van der Waals surface area contributed by atoms with Gasteiger partial charge in [0, 0.05) is 18.7 Å². The van der Waals surface area contributed by atoms with Crippen molar-refractivity contribution >= 4 is 17.6 Å². The number of methoxy groups -OCH3 is 1. The molecule has 0 aliphatic carbocycles. The molecule has 1 rings (SSSR count). The zero-order valence-corrected chi connectivity index (χ0v) is 9.20. The highest BCUT2D eigenvalue weighted by Crippen LogP contribution is 2.16. The lowest BCUT2D eigenvalue weighted by Gasteiger charge is -2.10. The Balaban J connectivity index is 2.50. The molecule has 0 bridgehead atoms. The molecule has 0 aliphatic rings. The topological polar surface area (TPSA) is 65.2 Å². The maximum Gasteiger partial charge on any atom is 0.305 e. The molecule has 0 aromatic carbocycles. The first-order valence-corrected chi connectivity index (χ1v) is 4.95. The lowest BCUT2D eigenvalue weighted by molar-refractivity contribution is -0.140. The van der Waals surface area contributed by atoms with Crippen molar-refractivity contribution in [3.8, 4) is 0 Å². The van der Waals surface area contributed by atoms with E-state index in [1.165, 1.54) is 7.11 Å². The molecule has 0 aliphatic heterocycles. The summed E-state index contributed by atoms with van der Waals surface area (Å²) in [6.07, 6.45) is 2.46. The Morgan fingerprint density at radius 2 is 2.40 bits per heavy atom. The van der Waals surface area contributed by atoms with Crippen LogP contribution in [-0.4, -0.2) is 18.1 Å². The number of pyridine rings is 1. The van der Waals surface area contributed by atoms with Gasteiger partial charge in [-0.1, -0.05) is 17.7 Å². The van der Waals surface area contributed by atoms with Crippen molar-refractivity contribution in [1.82, 2.24) is 4.98 Å². The van der Waals surface area contributed by atoms with E-state index in [0.717, 1.165) is 5.56 Å². The first-order valence-electron chi connectivity index (χ1n) is 4.57. The second kappa shape index (κ2) is 5.68. The number of esters is 1. The third-order valence-electron chi connectivity index (χ3n) is 2.07. The number of hydrogen-bond acceptors (Lipinski definition) is 4. The fourth-order valence-electron chi connectivity index (χ4n) is 1.15. The molecular weight excluding hydrogens is 216 g/mol. The van der Waals surface area contributed by atoms with Crippen LogP contribution < -0.4 is 5.73 Å². The predicted octanol–water partition coefficient (Wildman–Crippen LogP) is 1.69. The van der Waals surface area contributed by atoms with Crippen LogP contribution in [0.25, 0.3) is 0 Å². The summed E-state index contributed by atoms with van der Waals surface area (Å²) in [6, 6.07) is 3.26. The third kappa shape index (κ3) is 3.85. The lowest BCUT2D eigenvalue weighted by atomic mass is 10.1. The molecule has 0 amide bonds. The number of nitrogens with zero attached hydrogens (tertiary/aromatic N) is 1. The average Bonchev–Trinajstić information content (AvgIpc) is 2.26. The Kier molecular flexibility index (Phi) is 4.52. The summed E-state index contributed by atoms with van der Waals surface area (Å²) < 4.78 is 4.52. The van der Waals surface area contributed by atoms with Crippen LogP contribution in [-0.2, 0) is 9.53 Å². The van der Waals surface area contributed by atoms with E-state index in [9.17, 15) is 4.79 Å². The minimum absolute atomic E-state index is 0.214. The van der Waals surface area contributed by atoms with Gasteiger partial charge in [-0.15, -0.1) is 0 Å². The van der Waals surface area contributed by atoms with Gasteiger partial charge in [0.05, 0.1) is 7.11 Å². The van der Waals surface area contributed by atoms with Gasteiger partial charge < -0.3 is 10.5 Å². The minimum Gasteiger partial charge on any atom is -0.469 e. The molecule has 1 atom stereocenters. The highest BCUT2D eigenvalue weighted by Gasteiger charge is 2.09. The summed E-state index contributed by atoms with van der Waals surface area (Å²) in [5.74, 6) is -0.257. The number of carbonyl (C=O) groups is 1. The van der Waals surface area contributed by atoms with Crippen molar-refractivity contribution in [3.63, 3.8) is 0 Å². The first-order chi connectivity index (χ1) is 7.13. The van der Waals surface area contributed by atoms with Crippen LogP contribution in [0.15, 0.2) is 18.3 Å². The molecular formula is C10H13ClN2O2. The maximum atomic E-state index is 10.9. The fraction of sp³-hybridized carbons (Fsp3) is 0.400. The number of aromatic nitrogens is 1. The minimum atomic E-state index is -0.257. The van der Waals surface area contributed by atoms with Crippen LogP contribution in [0.3, 0.4) is 0 Å². The van der Waals surface area contributed by atoms with E-state index in [1.54, 1.807) is 18.3 Å². The van der Waals surface area contributed by atoms with Crippen LogP contribution in [0.2, 0.25) is 5.15 Å². The highest BCUT2D eigenvalue weighted by molar-refractivity contribution is 6.29. The fourth-order valence-corrected chi connectivity index (χ4v) is 1.26. The van der Waals surface area contributed by atoms with E-state index in [2.05, 4.69) is 9.72 Å². The van der Waals surface area contributed by atoms with Gasteiger partial charge in [0.25, 0.3) is 0 Å². The molecule has 2 N–H and O–H groups in total. The van der Waals surface area contributed by atoms with E-state index < -0.39 is 0 Å². The zero-order chi connectivity index (χ0) is 11.3. The van der Waals surface area contributed by atoms with Crippen molar-refractivity contribution in [2.75, 3.05) is 7.11 Å². The predicted molar refractivity (Wildman–Crippen MR) is 57.4 cm³/mol. The lowest BCUT2D eigenvalue weighted by Crippen LogP contribution is -2.13. The van der Waals surface area contributed by atoms with Crippen LogP contribution in [0.5, 0.6) is 0 Å². The molecule has 1 heterocycles. The van der Waals surface area contributed by atoms with Gasteiger partial charge in [0.15, 0.2) is 0 Å². The number of halogens is 1. The van der Waals surface area contributed by atoms with Gasteiger partial charge in [-0.25, -0.2) is 4.98 Å². The molecule has 0 saturated heterocycles. The maximum absolute atomic E-state index is 10.9. The van der Waals surface area contributed by atoms with E-state index >= 15 is 0 Å². The van der Waals surface area contributed by atoms with Crippen molar-refractivity contribution in [2.45, 2.75) is 18.9 Å². The van der Waals surface area contributed by atoms with Crippen LogP contribution in [0.4, 0.5) is 0 Å². The monoisotopic (exact) mass is 228 g/mol. The van der Waals surface area contributed by atoms with E-state index in [1.807, 2.05) is 0 Å². The summed E-state index contributed by atoms with van der Waals surface area (Å²) >= 11 is 5.64.